The Labute approximate surface area is 205 Å². The topological polar surface area (TPSA) is 133 Å². The first-order chi connectivity index (χ1) is 17.3. The molecule has 0 fully saturated rings. The summed E-state index contributed by atoms with van der Waals surface area (Å²) in [6, 6.07) is 13.7. The molecule has 5 rings (SSSR count). The van der Waals surface area contributed by atoms with Crippen LogP contribution in [0.3, 0.4) is 0 Å². The summed E-state index contributed by atoms with van der Waals surface area (Å²) in [4.78, 5) is 31.3. The molecule has 1 aromatic carbocycles. The highest BCUT2D eigenvalue weighted by Gasteiger charge is 2.29. The van der Waals surface area contributed by atoms with E-state index in [1.165, 1.54) is 0 Å². The number of anilines is 1. The van der Waals surface area contributed by atoms with E-state index < -0.39 is 18.0 Å². The summed E-state index contributed by atoms with van der Waals surface area (Å²) >= 11 is 0. The number of hydrogen-bond donors (Lipinski definition) is 1. The highest BCUT2D eigenvalue weighted by atomic mass is 16.5. The van der Waals surface area contributed by atoms with Crippen molar-refractivity contribution in [3.63, 3.8) is 0 Å². The molecule has 4 aromatic heterocycles. The fourth-order valence-electron chi connectivity index (χ4n) is 3.97. The smallest absolute Gasteiger partial charge is 0.340 e. The maximum atomic E-state index is 13.6. The van der Waals surface area contributed by atoms with Gasteiger partial charge in [-0.2, -0.15) is 0 Å². The van der Waals surface area contributed by atoms with Gasteiger partial charge in [0.2, 0.25) is 6.10 Å². The summed E-state index contributed by atoms with van der Waals surface area (Å²) in [6.07, 6.45) is -1.26. The number of esters is 1. The number of hydrogen-bond acceptors (Lipinski definition) is 9. The number of carbonyl (C=O) groups is 2. The van der Waals surface area contributed by atoms with Crippen LogP contribution in [0.1, 0.15) is 45.0 Å². The van der Waals surface area contributed by atoms with Gasteiger partial charge in [-0.1, -0.05) is 40.6 Å². The minimum Gasteiger partial charge on any atom is -0.466 e. The molecular formula is C26H22N4O6. The van der Waals surface area contributed by atoms with Crippen LogP contribution in [0.2, 0.25) is 0 Å². The zero-order valence-electron chi connectivity index (χ0n) is 20.0. The molecule has 0 bridgehead atoms. The Balaban J connectivity index is 1.54. The highest BCUT2D eigenvalue weighted by molar-refractivity contribution is 6.06. The molecule has 1 amide bonds. The minimum absolute atomic E-state index is 0.165. The summed E-state index contributed by atoms with van der Waals surface area (Å²) in [7, 11) is 0. The van der Waals surface area contributed by atoms with Gasteiger partial charge in [-0.3, -0.25) is 4.79 Å². The molecule has 0 spiro atoms. The number of fused-ring (bicyclic) bond motifs is 1. The van der Waals surface area contributed by atoms with Crippen molar-refractivity contribution in [3.8, 4) is 11.3 Å². The van der Waals surface area contributed by atoms with Crippen LogP contribution in [0.15, 0.2) is 62.0 Å². The Morgan fingerprint density at radius 3 is 2.39 bits per heavy atom. The van der Waals surface area contributed by atoms with Crippen molar-refractivity contribution in [1.29, 1.82) is 0 Å². The number of benzene rings is 1. The molecule has 10 heteroatoms. The van der Waals surface area contributed by atoms with Crippen LogP contribution in [-0.4, -0.2) is 27.2 Å². The van der Waals surface area contributed by atoms with Gasteiger partial charge in [0.25, 0.3) is 11.6 Å². The Kier molecular flexibility index (Phi) is 5.85. The molecular weight excluding hydrogens is 464 g/mol. The van der Waals surface area contributed by atoms with Crippen LogP contribution >= 0.6 is 0 Å². The molecule has 0 radical (unpaired) electrons. The van der Waals surface area contributed by atoms with Crippen LogP contribution in [0, 0.1) is 27.7 Å². The molecule has 0 saturated carbocycles. The van der Waals surface area contributed by atoms with Crippen molar-refractivity contribution in [2.45, 2.75) is 33.8 Å². The number of rotatable bonds is 6. The fraction of sp³-hybridized carbons (Fsp3) is 0.192. The average molecular weight is 486 g/mol. The van der Waals surface area contributed by atoms with E-state index in [2.05, 4.69) is 20.6 Å². The van der Waals surface area contributed by atoms with Crippen molar-refractivity contribution in [2.75, 3.05) is 5.32 Å². The van der Waals surface area contributed by atoms with Gasteiger partial charge < -0.3 is 23.5 Å². The van der Waals surface area contributed by atoms with Crippen molar-refractivity contribution in [3.05, 3.63) is 82.6 Å². The maximum absolute atomic E-state index is 13.6. The molecule has 0 saturated heterocycles. The molecule has 5 aromatic rings. The lowest BCUT2D eigenvalue weighted by Gasteiger charge is -2.18. The van der Waals surface area contributed by atoms with Gasteiger partial charge in [-0.05, 0) is 39.8 Å². The Bertz CT molecular complexity index is 1580. The molecule has 1 atom stereocenters. The Morgan fingerprint density at radius 2 is 1.72 bits per heavy atom. The van der Waals surface area contributed by atoms with Gasteiger partial charge >= 0.3 is 5.97 Å². The number of nitrogens with one attached hydrogen (secondary N) is 1. The molecule has 0 aliphatic rings. The van der Waals surface area contributed by atoms with Gasteiger partial charge in [0.1, 0.15) is 17.3 Å². The molecule has 1 N–H and O–H groups in total. The number of amides is 1. The largest absolute Gasteiger partial charge is 0.466 e. The van der Waals surface area contributed by atoms with Crippen LogP contribution in [0.25, 0.3) is 22.4 Å². The van der Waals surface area contributed by atoms with Gasteiger partial charge in [0.15, 0.2) is 5.82 Å². The number of pyridine rings is 1. The van der Waals surface area contributed by atoms with E-state index in [4.69, 9.17) is 18.2 Å². The number of aromatic nitrogens is 3. The van der Waals surface area contributed by atoms with E-state index in [1.54, 1.807) is 63.2 Å². The Morgan fingerprint density at radius 1 is 0.944 bits per heavy atom. The van der Waals surface area contributed by atoms with Crippen LogP contribution in [0.5, 0.6) is 0 Å². The van der Waals surface area contributed by atoms with E-state index in [9.17, 15) is 9.59 Å². The summed E-state index contributed by atoms with van der Waals surface area (Å²) < 4.78 is 21.8. The summed E-state index contributed by atoms with van der Waals surface area (Å²) in [5.41, 5.74) is 2.45. The predicted molar refractivity (Wildman–Crippen MR) is 128 cm³/mol. The number of ether oxygens (including phenoxy) is 1. The quantitative estimate of drug-likeness (QED) is 0.320. The predicted octanol–water partition coefficient (Wildman–Crippen LogP) is 5.24. The van der Waals surface area contributed by atoms with Crippen molar-refractivity contribution >= 4 is 28.8 Å². The first-order valence-corrected chi connectivity index (χ1v) is 11.1. The van der Waals surface area contributed by atoms with Crippen molar-refractivity contribution in [1.82, 2.24) is 15.3 Å². The monoisotopic (exact) mass is 486 g/mol. The molecule has 4 heterocycles. The molecule has 1 unspecified atom stereocenters. The maximum Gasteiger partial charge on any atom is 0.340 e. The second-order valence-corrected chi connectivity index (χ2v) is 8.34. The van der Waals surface area contributed by atoms with Crippen LogP contribution < -0.4 is 5.32 Å². The standard InChI is InChI=1S/C26H22N4O6/c1-13-10-18(16(4)33-13)20-12-19(22-15(3)29-36-25(22)27-20)26(32)34-23(17-8-6-5-7-9-17)24(31)28-21-11-14(2)35-30-21/h5-12,23H,1-4H3,(H,28,30,31). The summed E-state index contributed by atoms with van der Waals surface area (Å²) in [5, 5.41) is 10.8. The number of carbonyl (C=O) groups excluding carboxylic acids is 2. The number of aryl methyl sites for hydroxylation is 4. The van der Waals surface area contributed by atoms with Gasteiger partial charge in [-0.25, -0.2) is 9.78 Å². The molecule has 182 valence electrons. The summed E-state index contributed by atoms with van der Waals surface area (Å²) in [5.74, 6) is 0.747. The van der Waals surface area contributed by atoms with Gasteiger partial charge in [0, 0.05) is 17.2 Å². The molecule has 10 nitrogen and oxygen atoms in total. The van der Waals surface area contributed by atoms with Gasteiger partial charge in [-0.15, -0.1) is 0 Å². The average Bonchev–Trinajstić information content (AvgIpc) is 3.55. The lowest BCUT2D eigenvalue weighted by Crippen LogP contribution is -2.26. The van der Waals surface area contributed by atoms with E-state index in [0.717, 1.165) is 0 Å². The fourth-order valence-corrected chi connectivity index (χ4v) is 3.97. The van der Waals surface area contributed by atoms with Gasteiger partial charge in [0.05, 0.1) is 22.3 Å². The molecule has 36 heavy (non-hydrogen) atoms. The second-order valence-electron chi connectivity index (χ2n) is 8.34. The molecule has 0 aliphatic carbocycles. The van der Waals surface area contributed by atoms with Crippen LogP contribution in [0.4, 0.5) is 5.82 Å². The van der Waals surface area contributed by atoms with E-state index >= 15 is 0 Å². The summed E-state index contributed by atoms with van der Waals surface area (Å²) in [6.45, 7) is 7.03. The van der Waals surface area contributed by atoms with Crippen LogP contribution in [-0.2, 0) is 9.53 Å². The third kappa shape index (κ3) is 4.36. The van der Waals surface area contributed by atoms with E-state index in [-0.39, 0.29) is 17.1 Å². The lowest BCUT2D eigenvalue weighted by atomic mass is 10.1. The molecule has 0 aliphatic heterocycles. The number of furan rings is 1. The third-order valence-electron chi connectivity index (χ3n) is 5.60. The zero-order chi connectivity index (χ0) is 25.4. The first kappa shape index (κ1) is 23.0. The first-order valence-electron chi connectivity index (χ1n) is 11.1. The Hall–Kier alpha value is -4.73. The third-order valence-corrected chi connectivity index (χ3v) is 5.60. The minimum atomic E-state index is -1.26. The van der Waals surface area contributed by atoms with Crippen molar-refractivity contribution in [2.24, 2.45) is 0 Å². The SMILES string of the molecule is Cc1cc(NC(=O)C(OC(=O)c2cc(-c3cc(C)oc3C)nc3onc(C)c23)c2ccccc2)no1. The normalized spacial score (nSPS) is 12.0. The number of nitrogens with zero attached hydrogens (tertiary/aromatic N) is 3. The van der Waals surface area contributed by atoms with E-state index in [0.29, 0.717) is 45.2 Å². The highest BCUT2D eigenvalue weighted by Crippen LogP contribution is 2.32. The van der Waals surface area contributed by atoms with E-state index in [1.807, 2.05) is 13.0 Å². The zero-order valence-corrected chi connectivity index (χ0v) is 20.0. The van der Waals surface area contributed by atoms with Crippen molar-refractivity contribution < 1.29 is 27.8 Å². The second kappa shape index (κ2) is 9.14. The lowest BCUT2D eigenvalue weighted by molar-refractivity contribution is -0.125.